The molecule has 112 valence electrons. The van der Waals surface area contributed by atoms with Gasteiger partial charge in [0.2, 0.25) is 0 Å². The molecule has 0 saturated carbocycles. The van der Waals surface area contributed by atoms with Crippen molar-refractivity contribution < 1.29 is 13.2 Å². The average Bonchev–Trinajstić information content (AvgIpc) is 2.40. The van der Waals surface area contributed by atoms with Crippen molar-refractivity contribution >= 4 is 21.4 Å². The summed E-state index contributed by atoms with van der Waals surface area (Å²) >= 11 is 5.78. The van der Waals surface area contributed by atoms with E-state index in [1.807, 2.05) is 6.92 Å². The van der Waals surface area contributed by atoms with Crippen LogP contribution in [0, 0.1) is 0 Å². The summed E-state index contributed by atoms with van der Waals surface area (Å²) in [7, 11) is -3.26. The van der Waals surface area contributed by atoms with Gasteiger partial charge in [0.05, 0.1) is 23.4 Å². The van der Waals surface area contributed by atoms with Gasteiger partial charge in [-0.15, -0.1) is 0 Å². The zero-order chi connectivity index (χ0) is 14.8. The standard InChI is InChI=1S/C14H20ClNO3S/c1-11-10-19-12(2)9-16(11)7-8-20(17,18)14-5-3-13(15)4-6-14/h3-6,11-12H,7-10H2,1-2H3/t11-,12+/m1/s1. The van der Waals surface area contributed by atoms with Crippen LogP contribution in [0.3, 0.4) is 0 Å². The van der Waals surface area contributed by atoms with Gasteiger partial charge < -0.3 is 4.74 Å². The van der Waals surface area contributed by atoms with Gasteiger partial charge in [-0.05, 0) is 38.1 Å². The van der Waals surface area contributed by atoms with Crippen molar-refractivity contribution in [3.63, 3.8) is 0 Å². The molecule has 1 aromatic carbocycles. The van der Waals surface area contributed by atoms with Crippen molar-refractivity contribution in [2.75, 3.05) is 25.4 Å². The van der Waals surface area contributed by atoms with Gasteiger partial charge in [-0.2, -0.15) is 0 Å². The van der Waals surface area contributed by atoms with E-state index in [0.717, 1.165) is 6.54 Å². The van der Waals surface area contributed by atoms with Crippen LogP contribution >= 0.6 is 11.6 Å². The summed E-state index contributed by atoms with van der Waals surface area (Å²) in [5.41, 5.74) is 0. The van der Waals surface area contributed by atoms with E-state index in [2.05, 4.69) is 11.8 Å². The summed E-state index contributed by atoms with van der Waals surface area (Å²) < 4.78 is 30.1. The minimum absolute atomic E-state index is 0.117. The van der Waals surface area contributed by atoms with Crippen LogP contribution < -0.4 is 0 Å². The Kier molecular flexibility index (Phi) is 5.07. The van der Waals surface area contributed by atoms with E-state index in [9.17, 15) is 8.42 Å². The SMILES string of the molecule is C[C@@H]1CO[C@@H](C)CN1CCS(=O)(=O)c1ccc(Cl)cc1. The van der Waals surface area contributed by atoms with E-state index >= 15 is 0 Å². The van der Waals surface area contributed by atoms with Crippen molar-refractivity contribution in [1.82, 2.24) is 4.90 Å². The van der Waals surface area contributed by atoms with Crippen molar-refractivity contribution in [3.05, 3.63) is 29.3 Å². The van der Waals surface area contributed by atoms with Crippen molar-refractivity contribution in [3.8, 4) is 0 Å². The first-order valence-electron chi connectivity index (χ1n) is 6.72. The summed E-state index contributed by atoms with van der Waals surface area (Å²) in [4.78, 5) is 2.50. The molecule has 1 aliphatic rings. The second kappa shape index (κ2) is 6.43. The minimum Gasteiger partial charge on any atom is -0.376 e. The molecule has 1 aliphatic heterocycles. The quantitative estimate of drug-likeness (QED) is 0.854. The highest BCUT2D eigenvalue weighted by Gasteiger charge is 2.25. The van der Waals surface area contributed by atoms with E-state index in [4.69, 9.17) is 16.3 Å². The normalized spacial score (nSPS) is 24.8. The number of nitrogens with zero attached hydrogens (tertiary/aromatic N) is 1. The van der Waals surface area contributed by atoms with Gasteiger partial charge in [0.25, 0.3) is 0 Å². The molecule has 0 aromatic heterocycles. The first kappa shape index (κ1) is 15.8. The summed E-state index contributed by atoms with van der Waals surface area (Å²) in [6, 6.07) is 6.58. The number of sulfone groups is 1. The Morgan fingerprint density at radius 1 is 1.30 bits per heavy atom. The van der Waals surface area contributed by atoms with E-state index in [1.165, 1.54) is 0 Å². The van der Waals surface area contributed by atoms with Gasteiger partial charge in [0.1, 0.15) is 0 Å². The van der Waals surface area contributed by atoms with Crippen molar-refractivity contribution in [2.45, 2.75) is 30.9 Å². The Morgan fingerprint density at radius 3 is 2.60 bits per heavy atom. The molecule has 0 N–H and O–H groups in total. The monoisotopic (exact) mass is 317 g/mol. The van der Waals surface area contributed by atoms with Crippen LogP contribution in [0.15, 0.2) is 29.2 Å². The molecule has 0 radical (unpaired) electrons. The van der Waals surface area contributed by atoms with Crippen LogP contribution in [-0.4, -0.2) is 50.9 Å². The third-order valence-electron chi connectivity index (χ3n) is 3.56. The summed E-state index contributed by atoms with van der Waals surface area (Å²) in [5.74, 6) is 0.117. The molecule has 4 nitrogen and oxygen atoms in total. The van der Waals surface area contributed by atoms with Crippen LogP contribution in [0.1, 0.15) is 13.8 Å². The van der Waals surface area contributed by atoms with E-state index in [-0.39, 0.29) is 17.9 Å². The molecule has 1 fully saturated rings. The van der Waals surface area contributed by atoms with Gasteiger partial charge in [-0.1, -0.05) is 11.6 Å². The van der Waals surface area contributed by atoms with Gasteiger partial charge in [-0.3, -0.25) is 4.90 Å². The molecular weight excluding hydrogens is 298 g/mol. The number of hydrogen-bond acceptors (Lipinski definition) is 4. The maximum absolute atomic E-state index is 12.3. The highest BCUT2D eigenvalue weighted by Crippen LogP contribution is 2.17. The molecule has 0 bridgehead atoms. The number of benzene rings is 1. The van der Waals surface area contributed by atoms with Crippen LogP contribution in [-0.2, 0) is 14.6 Å². The van der Waals surface area contributed by atoms with Gasteiger partial charge in [-0.25, -0.2) is 8.42 Å². The maximum Gasteiger partial charge on any atom is 0.179 e. The smallest absolute Gasteiger partial charge is 0.179 e. The van der Waals surface area contributed by atoms with Gasteiger partial charge in [0, 0.05) is 24.2 Å². The highest BCUT2D eigenvalue weighted by molar-refractivity contribution is 7.91. The summed E-state index contributed by atoms with van der Waals surface area (Å²) in [6.07, 6.45) is 0.157. The summed E-state index contributed by atoms with van der Waals surface area (Å²) in [6.45, 7) is 6.02. The average molecular weight is 318 g/mol. The predicted molar refractivity (Wildman–Crippen MR) is 80.0 cm³/mol. The topological polar surface area (TPSA) is 46.6 Å². The fourth-order valence-electron chi connectivity index (χ4n) is 2.28. The van der Waals surface area contributed by atoms with E-state index in [0.29, 0.717) is 23.1 Å². The maximum atomic E-state index is 12.3. The molecule has 6 heteroatoms. The lowest BCUT2D eigenvalue weighted by Gasteiger charge is -2.36. The molecule has 0 spiro atoms. The van der Waals surface area contributed by atoms with Crippen molar-refractivity contribution in [2.24, 2.45) is 0 Å². The van der Waals surface area contributed by atoms with E-state index < -0.39 is 9.84 Å². The first-order valence-corrected chi connectivity index (χ1v) is 8.75. The Balaban J connectivity index is 2.00. The molecule has 0 unspecified atom stereocenters. The fourth-order valence-corrected chi connectivity index (χ4v) is 3.67. The summed E-state index contributed by atoms with van der Waals surface area (Å²) in [5, 5.41) is 0.541. The molecule has 1 saturated heterocycles. The van der Waals surface area contributed by atoms with Crippen LogP contribution in [0.4, 0.5) is 0 Å². The fraction of sp³-hybridized carbons (Fsp3) is 0.571. The molecule has 2 atom stereocenters. The lowest BCUT2D eigenvalue weighted by molar-refractivity contribution is -0.0469. The van der Waals surface area contributed by atoms with Gasteiger partial charge in [0.15, 0.2) is 9.84 Å². The molecule has 2 rings (SSSR count). The number of hydrogen-bond donors (Lipinski definition) is 0. The number of morpholine rings is 1. The van der Waals surface area contributed by atoms with Crippen LogP contribution in [0.25, 0.3) is 0 Å². The van der Waals surface area contributed by atoms with E-state index in [1.54, 1.807) is 24.3 Å². The Morgan fingerprint density at radius 2 is 1.95 bits per heavy atom. The largest absolute Gasteiger partial charge is 0.376 e. The van der Waals surface area contributed by atoms with Crippen molar-refractivity contribution in [1.29, 1.82) is 0 Å². The minimum atomic E-state index is -3.26. The Bertz CT molecular complexity index is 544. The van der Waals surface area contributed by atoms with Gasteiger partial charge >= 0.3 is 0 Å². The molecule has 0 amide bonds. The Hall–Kier alpha value is -0.620. The lowest BCUT2D eigenvalue weighted by Crippen LogP contribution is -2.48. The number of halogens is 1. The molecule has 0 aliphatic carbocycles. The molecule has 1 aromatic rings. The number of ether oxygens (including phenoxy) is 1. The first-order chi connectivity index (χ1) is 9.38. The molecule has 1 heterocycles. The number of rotatable bonds is 4. The second-order valence-corrected chi connectivity index (χ2v) is 7.81. The zero-order valence-electron chi connectivity index (χ0n) is 11.8. The Labute approximate surface area is 125 Å². The molecule has 20 heavy (non-hydrogen) atoms. The predicted octanol–water partition coefficient (Wildman–Crippen LogP) is 2.22. The lowest BCUT2D eigenvalue weighted by atomic mass is 10.2. The third kappa shape index (κ3) is 3.95. The van der Waals surface area contributed by atoms with Crippen LogP contribution in [0.2, 0.25) is 5.02 Å². The second-order valence-electron chi connectivity index (χ2n) is 5.26. The highest BCUT2D eigenvalue weighted by atomic mass is 35.5. The van der Waals surface area contributed by atoms with Crippen LogP contribution in [0.5, 0.6) is 0 Å². The molecular formula is C14H20ClNO3S. The zero-order valence-corrected chi connectivity index (χ0v) is 13.3. The third-order valence-corrected chi connectivity index (χ3v) is 5.52.